The third-order valence-electron chi connectivity index (χ3n) is 16.7. The first kappa shape index (κ1) is 73.6. The van der Waals surface area contributed by atoms with Gasteiger partial charge in [0, 0.05) is 71.4 Å². The van der Waals surface area contributed by atoms with Crippen molar-refractivity contribution in [1.29, 1.82) is 0 Å². The zero-order valence-corrected chi connectivity index (χ0v) is 54.3. The van der Waals surface area contributed by atoms with Gasteiger partial charge in [0.05, 0.1) is 49.4 Å². The molecule has 0 radical (unpaired) electrons. The average Bonchev–Trinajstić information content (AvgIpc) is 1.63. The predicted octanol–water partition coefficient (Wildman–Crippen LogP) is -3.29. The van der Waals surface area contributed by atoms with Crippen molar-refractivity contribution >= 4 is 123 Å². The fourth-order valence-corrected chi connectivity index (χ4v) is 12.2. The van der Waals surface area contributed by atoms with Crippen LogP contribution in [0, 0.1) is 23.7 Å². The number of rotatable bonds is 18. The van der Waals surface area contributed by atoms with Gasteiger partial charge >= 0.3 is 6.09 Å². The minimum absolute atomic E-state index is 0.160. The molecule has 518 valence electrons. The van der Waals surface area contributed by atoms with Crippen molar-refractivity contribution in [3.05, 3.63) is 65.7 Å². The molecule has 6 unspecified atom stereocenters. The molecule has 2 aromatic carbocycles. The van der Waals surface area contributed by atoms with Crippen LogP contribution in [0.3, 0.4) is 0 Å². The number of anilines is 2. The molecule has 3 aromatic rings. The Bertz CT molecular complexity index is 3540. The number of nitrogens with two attached hydrogens (primary N) is 1. The van der Waals surface area contributed by atoms with E-state index in [4.69, 9.17) is 10.5 Å². The molecule has 0 aliphatic carbocycles. The standard InChI is InChI=1S/C62H80N14O19S/c1-7-29(4)52-58(91)65-21-46(82)69-41-27-96-60-38(16-33(55(88)64-22-47(83)72-52)17-43(79)53(30(5)44(80)25-77)74-57(90)42-19-36(78)23-75(42)61(93)40(20-45(63)81)70-56(41)89)37-13-12-35(18-39(37)71-60)68-62(94)95-26-32-8-10-34(11-9-32)67-54(87)31(6)66-59(92)51(28(2)3)73-48(84)24-76-49(85)14-15-50(76)86/h8-15,18,28-31,33,36,40-42,44,51-53,71,77-78,80H,7,16-17,19-27H2,1-6H3,(H2,63,81)(H,64,88)(H,65,91)(H,66,92)(H,67,87)(H,68,94)(H,69,82)(H,70,89)(H,72,83)(H,73,84)(H,74,90)/t29-,30?,31-,33?,36?,40?,41?,42-,44-,51?,52-,53-/m0/s1. The SMILES string of the molecule is CC[C@H](C)[C@@H]1NC(=O)CNC(=O)C2CC(=O)[C@H](C(C)[C@@H](O)CO)NC(=O)[C@@H]3CC(O)CN3C(=O)C(CC(N)=O)NC(=O)C(CSc3[nH]c4cc(NC(=O)OCc5ccc(NC(=O)[C@H](C)NC(=O)C(NC(=O)CN6C(=O)C=CC6=O)C(C)C)cc5)ccc4c3C2)NC(=O)CNC1=O. The van der Waals surface area contributed by atoms with Gasteiger partial charge in [-0.3, -0.25) is 77.3 Å². The van der Waals surface area contributed by atoms with Crippen LogP contribution < -0.4 is 58.9 Å². The Kier molecular flexibility index (Phi) is 25.3. The molecule has 34 heteroatoms. The molecule has 4 aliphatic heterocycles. The second kappa shape index (κ2) is 33.0. The lowest BCUT2D eigenvalue weighted by molar-refractivity contribution is -0.144. The number of fused-ring (bicyclic) bond motifs is 5. The van der Waals surface area contributed by atoms with Crippen molar-refractivity contribution < 1.29 is 92.0 Å². The van der Waals surface area contributed by atoms with E-state index in [9.17, 15) is 87.2 Å². The van der Waals surface area contributed by atoms with Gasteiger partial charge < -0.3 is 83.5 Å². The summed E-state index contributed by atoms with van der Waals surface area (Å²) < 4.78 is 5.52. The molecule has 0 spiro atoms. The maximum atomic E-state index is 14.9. The van der Waals surface area contributed by atoms with E-state index in [1.807, 2.05) is 0 Å². The second-order valence-corrected chi connectivity index (χ2v) is 25.3. The van der Waals surface area contributed by atoms with Crippen LogP contribution in [-0.4, -0.2) is 212 Å². The van der Waals surface area contributed by atoms with Crippen LogP contribution in [0.5, 0.6) is 0 Å². The summed E-state index contributed by atoms with van der Waals surface area (Å²) in [5.74, 6) is -16.1. The lowest BCUT2D eigenvalue weighted by Crippen LogP contribution is -2.60. The van der Waals surface area contributed by atoms with E-state index in [2.05, 4.69) is 58.2 Å². The van der Waals surface area contributed by atoms with Gasteiger partial charge in [0.25, 0.3) is 11.8 Å². The minimum atomic E-state index is -1.82. The van der Waals surface area contributed by atoms with E-state index in [1.54, 1.807) is 45.9 Å². The first-order valence-corrected chi connectivity index (χ1v) is 32.0. The van der Waals surface area contributed by atoms with Gasteiger partial charge in [0.2, 0.25) is 65.0 Å². The highest BCUT2D eigenvalue weighted by Gasteiger charge is 2.45. The number of thioether (sulfide) groups is 1. The quantitative estimate of drug-likeness (QED) is 0.0555. The van der Waals surface area contributed by atoms with E-state index in [-0.39, 0.29) is 29.3 Å². The van der Waals surface area contributed by atoms with Crippen LogP contribution >= 0.6 is 11.8 Å². The van der Waals surface area contributed by atoms with Gasteiger partial charge in [-0.2, -0.15) is 0 Å². The molecule has 1 fully saturated rings. The molecule has 12 atom stereocenters. The Morgan fingerprint density at radius 2 is 1.42 bits per heavy atom. The third-order valence-corrected chi connectivity index (χ3v) is 17.9. The van der Waals surface area contributed by atoms with Gasteiger partial charge in [0.15, 0.2) is 5.78 Å². The summed E-state index contributed by atoms with van der Waals surface area (Å²) in [6.45, 7) is 5.72. The number of imide groups is 1. The normalized spacial score (nSPS) is 23.4. The van der Waals surface area contributed by atoms with E-state index >= 15 is 0 Å². The smallest absolute Gasteiger partial charge is 0.411 e. The Balaban J connectivity index is 1.15. The number of hydrogen-bond acceptors (Lipinski definition) is 20. The first-order chi connectivity index (χ1) is 45.4. The number of amides is 14. The summed E-state index contributed by atoms with van der Waals surface area (Å²) in [7, 11) is 0. The fourth-order valence-electron chi connectivity index (χ4n) is 11.0. The summed E-state index contributed by atoms with van der Waals surface area (Å²) in [6, 6.07) is 0.499. The van der Waals surface area contributed by atoms with Gasteiger partial charge in [0.1, 0.15) is 49.4 Å². The van der Waals surface area contributed by atoms with Crippen molar-refractivity contribution in [2.24, 2.45) is 29.4 Å². The topological polar surface area (TPSA) is 495 Å². The van der Waals surface area contributed by atoms with E-state index < -0.39 is 225 Å². The van der Waals surface area contributed by atoms with Gasteiger partial charge in [-0.1, -0.05) is 59.2 Å². The Morgan fingerprint density at radius 3 is 2.06 bits per heavy atom. The molecule has 1 aromatic heterocycles. The number of nitrogens with zero attached hydrogens (tertiary/aromatic N) is 2. The van der Waals surface area contributed by atoms with Crippen molar-refractivity contribution in [1.82, 2.24) is 57.3 Å². The number of benzene rings is 2. The number of aromatic nitrogens is 1. The number of aliphatic hydroxyl groups is 3. The van der Waals surface area contributed by atoms with Gasteiger partial charge in [-0.25, -0.2) is 4.79 Å². The second-order valence-electron chi connectivity index (χ2n) is 24.3. The Morgan fingerprint density at radius 1 is 0.760 bits per heavy atom. The highest BCUT2D eigenvalue weighted by Crippen LogP contribution is 2.35. The zero-order valence-electron chi connectivity index (χ0n) is 53.4. The monoisotopic (exact) mass is 1360 g/mol. The zero-order chi connectivity index (χ0) is 70.4. The maximum absolute atomic E-state index is 14.9. The molecule has 1 saturated heterocycles. The molecular weight excluding hydrogens is 1280 g/mol. The van der Waals surface area contributed by atoms with Crippen molar-refractivity contribution in [3.63, 3.8) is 0 Å². The van der Waals surface area contributed by atoms with Crippen LogP contribution in [0.25, 0.3) is 10.9 Å². The van der Waals surface area contributed by atoms with Crippen molar-refractivity contribution in [2.75, 3.05) is 49.2 Å². The molecular formula is C62H80N14O19S. The average molecular weight is 1360 g/mol. The predicted molar refractivity (Wildman–Crippen MR) is 340 cm³/mol. The number of ether oxygens (including phenoxy) is 1. The first-order valence-electron chi connectivity index (χ1n) is 31.0. The van der Waals surface area contributed by atoms with Crippen LogP contribution in [0.4, 0.5) is 16.2 Å². The Hall–Kier alpha value is -9.80. The number of carbonyl (C=O) groups excluding carboxylic acids is 15. The Labute approximate surface area is 554 Å². The number of nitrogens with one attached hydrogen (secondary N) is 11. The van der Waals surface area contributed by atoms with Crippen LogP contribution in [0.1, 0.15) is 78.4 Å². The summed E-state index contributed by atoms with van der Waals surface area (Å²) in [5.41, 5.74) is 7.13. The minimum Gasteiger partial charge on any atom is -0.444 e. The molecule has 96 heavy (non-hydrogen) atoms. The molecule has 4 aliphatic rings. The number of primary amides is 1. The van der Waals surface area contributed by atoms with Crippen LogP contribution in [0.15, 0.2) is 59.6 Å². The summed E-state index contributed by atoms with van der Waals surface area (Å²) in [4.78, 5) is 208. The molecule has 5 heterocycles. The van der Waals surface area contributed by atoms with E-state index in [0.29, 0.717) is 33.5 Å². The lowest BCUT2D eigenvalue weighted by atomic mass is 9.85. The van der Waals surface area contributed by atoms with Crippen LogP contribution in [-0.2, 0) is 84.9 Å². The number of H-pyrrole nitrogens is 1. The summed E-state index contributed by atoms with van der Waals surface area (Å²) in [5, 5.41) is 58.0. The maximum Gasteiger partial charge on any atom is 0.411 e. The molecule has 7 rings (SSSR count). The van der Waals surface area contributed by atoms with E-state index in [1.165, 1.54) is 38.1 Å². The fraction of sp³-hybridized carbons (Fsp3) is 0.500. The van der Waals surface area contributed by atoms with Crippen molar-refractivity contribution in [3.8, 4) is 0 Å². The summed E-state index contributed by atoms with van der Waals surface area (Å²) in [6.07, 6.45) is -3.85. The molecule has 0 saturated carbocycles. The van der Waals surface area contributed by atoms with Gasteiger partial charge in [-0.15, -0.1) is 11.8 Å². The van der Waals surface area contributed by atoms with E-state index in [0.717, 1.165) is 28.8 Å². The molecule has 33 nitrogen and oxygen atoms in total. The number of hydrogen-bond donors (Lipinski definition) is 15. The number of carbonyl (C=O) groups is 15. The van der Waals surface area contributed by atoms with Crippen molar-refractivity contribution in [2.45, 2.75) is 140 Å². The molecule has 16 N–H and O–H groups in total. The number of aliphatic hydroxyl groups excluding tert-OH is 3. The number of Topliss-reactive ketones (excluding diaryl/α,β-unsaturated/α-hetero) is 1. The molecule has 14 amide bonds. The highest BCUT2D eigenvalue weighted by molar-refractivity contribution is 7.99. The molecule has 2 bridgehead atoms. The summed E-state index contributed by atoms with van der Waals surface area (Å²) >= 11 is 0.910. The van der Waals surface area contributed by atoms with Gasteiger partial charge in [-0.05, 0) is 60.6 Å². The van der Waals surface area contributed by atoms with Crippen LogP contribution in [0.2, 0.25) is 0 Å². The third kappa shape index (κ3) is 19.2. The lowest BCUT2D eigenvalue weighted by Gasteiger charge is -2.32. The number of aromatic amines is 1. The highest BCUT2D eigenvalue weighted by atomic mass is 32.2. The largest absolute Gasteiger partial charge is 0.444 e. The number of ketones is 1.